The average Bonchev–Trinajstić information content (AvgIpc) is 2.64. The van der Waals surface area contributed by atoms with Crippen molar-refractivity contribution in [2.75, 3.05) is 23.5 Å². The Balaban J connectivity index is 2.15. The number of nitriles is 1. The number of para-hydroxylation sites is 1. The first-order chi connectivity index (χ1) is 13.1. The Bertz CT molecular complexity index is 997. The van der Waals surface area contributed by atoms with Gasteiger partial charge >= 0.3 is 0 Å². The van der Waals surface area contributed by atoms with E-state index in [0.717, 1.165) is 5.69 Å². The van der Waals surface area contributed by atoms with Crippen LogP contribution in [0.4, 0.5) is 5.69 Å². The van der Waals surface area contributed by atoms with E-state index >= 15 is 0 Å². The van der Waals surface area contributed by atoms with Crippen LogP contribution in [0.15, 0.2) is 48.5 Å². The molecule has 0 saturated carbocycles. The van der Waals surface area contributed by atoms with Gasteiger partial charge in [0.1, 0.15) is 27.3 Å². The van der Waals surface area contributed by atoms with Gasteiger partial charge in [-0.2, -0.15) is 5.26 Å². The number of hydrogen-bond donors (Lipinski definition) is 1. The van der Waals surface area contributed by atoms with Gasteiger partial charge in [0, 0.05) is 24.1 Å². The van der Waals surface area contributed by atoms with Crippen LogP contribution in [-0.2, 0) is 9.84 Å². The van der Waals surface area contributed by atoms with Crippen LogP contribution >= 0.6 is 0 Å². The zero-order valence-corrected chi connectivity index (χ0v) is 17.0. The monoisotopic (exact) mass is 400 g/mol. The second-order valence-electron chi connectivity index (χ2n) is 7.62. The van der Waals surface area contributed by atoms with E-state index in [4.69, 9.17) is 4.74 Å². The lowest BCUT2D eigenvalue weighted by molar-refractivity contribution is -0.0585. The molecule has 0 spiro atoms. The number of sulfone groups is 1. The molecule has 3 rings (SSSR count). The van der Waals surface area contributed by atoms with Gasteiger partial charge in [-0.3, -0.25) is 0 Å². The third-order valence-electron chi connectivity index (χ3n) is 4.97. The van der Waals surface area contributed by atoms with Crippen molar-refractivity contribution in [2.24, 2.45) is 0 Å². The van der Waals surface area contributed by atoms with Crippen molar-refractivity contribution >= 4 is 15.5 Å². The summed E-state index contributed by atoms with van der Waals surface area (Å²) in [6, 6.07) is 16.0. The van der Waals surface area contributed by atoms with E-state index in [0.29, 0.717) is 16.9 Å². The number of aliphatic hydroxyl groups excluding tert-OH is 1. The van der Waals surface area contributed by atoms with Crippen LogP contribution in [0.25, 0.3) is 0 Å². The van der Waals surface area contributed by atoms with Gasteiger partial charge in [-0.1, -0.05) is 18.2 Å². The Morgan fingerprint density at radius 3 is 2.50 bits per heavy atom. The fourth-order valence-electron chi connectivity index (χ4n) is 3.49. The second-order valence-corrected chi connectivity index (χ2v) is 9.88. The smallest absolute Gasteiger partial charge is 0.149 e. The van der Waals surface area contributed by atoms with Crippen molar-refractivity contribution in [2.45, 2.75) is 31.6 Å². The molecule has 28 heavy (non-hydrogen) atoms. The summed E-state index contributed by atoms with van der Waals surface area (Å²) in [6.07, 6.45) is 0.260. The number of hydrogen-bond acceptors (Lipinski definition) is 6. The highest BCUT2D eigenvalue weighted by molar-refractivity contribution is 7.90. The Kier molecular flexibility index (Phi) is 5.37. The SMILES string of the molecule is CC1(C)Oc2ccc(C#N)cc2[C@H](N(CCS(C)(=O)=O)c2ccccc2)[C@H]1O. The molecule has 6 nitrogen and oxygen atoms in total. The van der Waals surface area contributed by atoms with E-state index in [9.17, 15) is 18.8 Å². The zero-order valence-electron chi connectivity index (χ0n) is 16.2. The Labute approximate surface area is 165 Å². The summed E-state index contributed by atoms with van der Waals surface area (Å²) in [5, 5.41) is 20.5. The van der Waals surface area contributed by atoms with Crippen molar-refractivity contribution in [3.63, 3.8) is 0 Å². The topological polar surface area (TPSA) is 90.6 Å². The standard InChI is InChI=1S/C21H24N2O4S/c1-21(2)20(24)19(17-13-15(14-22)9-10-18(17)27-21)23(11-12-28(3,25)26)16-7-5-4-6-8-16/h4-10,13,19-20,24H,11-12H2,1-3H3/t19-,20+/m0/s1. The molecule has 0 radical (unpaired) electrons. The van der Waals surface area contributed by atoms with E-state index in [1.54, 1.807) is 32.0 Å². The Morgan fingerprint density at radius 1 is 1.21 bits per heavy atom. The summed E-state index contributed by atoms with van der Waals surface area (Å²) in [5.74, 6) is 0.527. The van der Waals surface area contributed by atoms with Gasteiger partial charge in [0.25, 0.3) is 0 Å². The minimum absolute atomic E-state index is 0.0559. The Hall–Kier alpha value is -2.56. The van der Waals surface area contributed by atoms with E-state index in [1.165, 1.54) is 6.26 Å². The van der Waals surface area contributed by atoms with Crippen molar-refractivity contribution in [3.8, 4) is 11.8 Å². The number of rotatable bonds is 5. The van der Waals surface area contributed by atoms with E-state index < -0.39 is 27.6 Å². The van der Waals surface area contributed by atoms with Crippen molar-refractivity contribution < 1.29 is 18.3 Å². The van der Waals surface area contributed by atoms with Crippen molar-refractivity contribution in [1.29, 1.82) is 5.26 Å². The molecular weight excluding hydrogens is 376 g/mol. The maximum atomic E-state index is 11.8. The van der Waals surface area contributed by atoms with Crippen molar-refractivity contribution in [3.05, 3.63) is 59.7 Å². The van der Waals surface area contributed by atoms with Gasteiger partial charge in [-0.05, 0) is 44.2 Å². The summed E-state index contributed by atoms with van der Waals surface area (Å²) >= 11 is 0. The summed E-state index contributed by atoms with van der Waals surface area (Å²) in [6.45, 7) is 3.80. The molecule has 0 unspecified atom stereocenters. The minimum Gasteiger partial charge on any atom is -0.485 e. The van der Waals surface area contributed by atoms with Crippen molar-refractivity contribution in [1.82, 2.24) is 0 Å². The molecule has 1 heterocycles. The molecule has 0 aliphatic carbocycles. The lowest BCUT2D eigenvalue weighted by atomic mass is 9.84. The van der Waals surface area contributed by atoms with Gasteiger partial charge in [-0.15, -0.1) is 0 Å². The number of aliphatic hydroxyl groups is 1. The maximum absolute atomic E-state index is 11.8. The van der Waals surface area contributed by atoms with Gasteiger partial charge in [0.2, 0.25) is 0 Å². The van der Waals surface area contributed by atoms with E-state index in [-0.39, 0.29) is 12.3 Å². The number of ether oxygens (including phenoxy) is 1. The van der Waals surface area contributed by atoms with Crippen LogP contribution in [0.3, 0.4) is 0 Å². The molecule has 7 heteroatoms. The summed E-state index contributed by atoms with van der Waals surface area (Å²) in [5.41, 5.74) is 1.03. The molecule has 0 saturated heterocycles. The van der Waals surface area contributed by atoms with Crippen LogP contribution in [0.5, 0.6) is 5.75 Å². The third-order valence-corrected chi connectivity index (χ3v) is 5.89. The largest absolute Gasteiger partial charge is 0.485 e. The van der Waals surface area contributed by atoms with E-state index in [1.807, 2.05) is 35.2 Å². The summed E-state index contributed by atoms with van der Waals surface area (Å²) in [4.78, 5) is 1.88. The fourth-order valence-corrected chi connectivity index (χ4v) is 4.02. The Morgan fingerprint density at radius 2 is 1.89 bits per heavy atom. The van der Waals surface area contributed by atoms with Crippen LogP contribution in [-0.4, -0.2) is 43.8 Å². The van der Waals surface area contributed by atoms with Gasteiger partial charge in [0.15, 0.2) is 0 Å². The molecule has 0 fully saturated rings. The van der Waals surface area contributed by atoms with Gasteiger partial charge in [0.05, 0.1) is 23.4 Å². The first-order valence-electron chi connectivity index (χ1n) is 9.03. The molecule has 0 bridgehead atoms. The third kappa shape index (κ3) is 4.13. The van der Waals surface area contributed by atoms with Crippen LogP contribution in [0.1, 0.15) is 31.0 Å². The highest BCUT2D eigenvalue weighted by atomic mass is 32.2. The lowest BCUT2D eigenvalue weighted by Gasteiger charge is -2.47. The highest BCUT2D eigenvalue weighted by Gasteiger charge is 2.45. The first kappa shape index (κ1) is 20.2. The number of benzene rings is 2. The fraction of sp³-hybridized carbons (Fsp3) is 0.381. The summed E-state index contributed by atoms with van der Waals surface area (Å²) < 4.78 is 29.7. The molecule has 1 aliphatic heterocycles. The lowest BCUT2D eigenvalue weighted by Crippen LogP contribution is -2.54. The predicted molar refractivity (Wildman–Crippen MR) is 108 cm³/mol. The number of fused-ring (bicyclic) bond motifs is 1. The predicted octanol–water partition coefficient (Wildman–Crippen LogP) is 2.68. The molecule has 1 aliphatic rings. The minimum atomic E-state index is -3.21. The van der Waals surface area contributed by atoms with Crippen LogP contribution < -0.4 is 9.64 Å². The second kappa shape index (κ2) is 7.46. The normalized spacial score (nSPS) is 20.5. The average molecular weight is 401 g/mol. The molecule has 148 valence electrons. The molecule has 1 N–H and O–H groups in total. The summed E-state index contributed by atoms with van der Waals surface area (Å²) in [7, 11) is -3.21. The molecule has 0 aromatic heterocycles. The first-order valence-corrected chi connectivity index (χ1v) is 11.1. The van der Waals surface area contributed by atoms with Crippen LogP contribution in [0, 0.1) is 11.3 Å². The van der Waals surface area contributed by atoms with Gasteiger partial charge < -0.3 is 14.7 Å². The molecular formula is C21H24N2O4S. The van der Waals surface area contributed by atoms with E-state index in [2.05, 4.69) is 6.07 Å². The highest BCUT2D eigenvalue weighted by Crippen LogP contribution is 2.44. The van der Waals surface area contributed by atoms with Crippen LogP contribution in [0.2, 0.25) is 0 Å². The molecule has 2 atom stereocenters. The van der Waals surface area contributed by atoms with Gasteiger partial charge in [-0.25, -0.2) is 8.42 Å². The molecule has 2 aromatic rings. The molecule has 2 aromatic carbocycles. The maximum Gasteiger partial charge on any atom is 0.149 e. The number of anilines is 1. The number of nitrogens with zero attached hydrogens (tertiary/aromatic N) is 2. The zero-order chi connectivity index (χ0) is 20.5. The molecule has 0 amide bonds. The quantitative estimate of drug-likeness (QED) is 0.830.